The van der Waals surface area contributed by atoms with Crippen LogP contribution in [0.2, 0.25) is 0 Å². The summed E-state index contributed by atoms with van der Waals surface area (Å²) in [5, 5.41) is 11.5. The van der Waals surface area contributed by atoms with Gasteiger partial charge in [-0.1, -0.05) is 48.5 Å². The highest BCUT2D eigenvalue weighted by Gasteiger charge is 2.68. The van der Waals surface area contributed by atoms with Gasteiger partial charge in [0.2, 0.25) is 5.72 Å². The molecule has 2 atom stereocenters. The molecule has 2 aliphatic rings. The SMILES string of the molecule is CN1C[C@]2(C)c3ccccc3N(Cc3ccccc3)[C@]2(O)C1=O. The van der Waals surface area contributed by atoms with Crippen LogP contribution in [0.4, 0.5) is 5.69 Å². The lowest BCUT2D eigenvalue weighted by Gasteiger charge is -2.37. The summed E-state index contributed by atoms with van der Waals surface area (Å²) in [6.07, 6.45) is 0. The first-order valence-electron chi connectivity index (χ1n) is 7.87. The molecular formula is C19H20N2O2. The van der Waals surface area contributed by atoms with E-state index in [0.717, 1.165) is 16.8 Å². The van der Waals surface area contributed by atoms with Crippen molar-refractivity contribution in [2.24, 2.45) is 0 Å². The first-order chi connectivity index (χ1) is 11.0. The number of hydrogen-bond acceptors (Lipinski definition) is 3. The number of para-hydroxylation sites is 1. The Morgan fingerprint density at radius 2 is 1.74 bits per heavy atom. The average molecular weight is 308 g/mol. The van der Waals surface area contributed by atoms with Crippen molar-refractivity contribution in [1.29, 1.82) is 0 Å². The fraction of sp³-hybridized carbons (Fsp3) is 0.316. The molecule has 4 rings (SSSR count). The molecule has 1 N–H and O–H groups in total. The van der Waals surface area contributed by atoms with Gasteiger partial charge in [0, 0.05) is 25.8 Å². The largest absolute Gasteiger partial charge is 0.362 e. The predicted molar refractivity (Wildman–Crippen MR) is 89.0 cm³/mol. The number of carbonyl (C=O) groups is 1. The minimum Gasteiger partial charge on any atom is -0.362 e. The van der Waals surface area contributed by atoms with Crippen molar-refractivity contribution in [2.45, 2.75) is 24.6 Å². The molecule has 1 saturated heterocycles. The maximum atomic E-state index is 12.8. The monoisotopic (exact) mass is 308 g/mol. The van der Waals surface area contributed by atoms with Crippen molar-refractivity contribution >= 4 is 11.6 Å². The van der Waals surface area contributed by atoms with Gasteiger partial charge in [-0.3, -0.25) is 4.79 Å². The van der Waals surface area contributed by atoms with Crippen LogP contribution in [-0.4, -0.2) is 35.2 Å². The Bertz CT molecular complexity index is 776. The van der Waals surface area contributed by atoms with Gasteiger partial charge in [-0.2, -0.15) is 0 Å². The molecule has 2 aromatic rings. The molecule has 23 heavy (non-hydrogen) atoms. The number of hydrogen-bond donors (Lipinski definition) is 1. The molecular weight excluding hydrogens is 288 g/mol. The Morgan fingerprint density at radius 3 is 2.48 bits per heavy atom. The van der Waals surface area contributed by atoms with Crippen LogP contribution in [0.15, 0.2) is 54.6 Å². The minimum absolute atomic E-state index is 0.230. The van der Waals surface area contributed by atoms with Crippen molar-refractivity contribution in [2.75, 3.05) is 18.5 Å². The molecule has 2 heterocycles. The molecule has 0 spiro atoms. The molecule has 1 fully saturated rings. The standard InChI is InChI=1S/C19H20N2O2/c1-18-13-20(2)17(22)19(18,23)21(12-14-8-4-3-5-9-14)16-11-7-6-10-15(16)18/h3-11,23H,12-13H2,1-2H3/t18-,19+/m1/s1. The number of likely N-dealkylation sites (tertiary alicyclic amines) is 1. The Hall–Kier alpha value is -2.33. The molecule has 2 aliphatic heterocycles. The van der Waals surface area contributed by atoms with E-state index in [9.17, 15) is 9.90 Å². The number of aliphatic hydroxyl groups is 1. The normalized spacial score (nSPS) is 28.9. The quantitative estimate of drug-likeness (QED) is 0.924. The summed E-state index contributed by atoms with van der Waals surface area (Å²) in [5.41, 5.74) is 0.909. The molecule has 0 unspecified atom stereocenters. The Balaban J connectivity index is 1.88. The summed E-state index contributed by atoms with van der Waals surface area (Å²) >= 11 is 0. The maximum Gasteiger partial charge on any atom is 0.276 e. The molecule has 0 bridgehead atoms. The molecule has 0 aliphatic carbocycles. The number of rotatable bonds is 2. The topological polar surface area (TPSA) is 43.8 Å². The Labute approximate surface area is 136 Å². The van der Waals surface area contributed by atoms with E-state index in [1.807, 2.05) is 66.4 Å². The second kappa shape index (κ2) is 4.59. The van der Waals surface area contributed by atoms with Crippen LogP contribution in [0.25, 0.3) is 0 Å². The summed E-state index contributed by atoms with van der Waals surface area (Å²) < 4.78 is 0. The molecule has 4 nitrogen and oxygen atoms in total. The van der Waals surface area contributed by atoms with E-state index in [1.165, 1.54) is 0 Å². The van der Waals surface area contributed by atoms with Crippen LogP contribution in [-0.2, 0) is 16.8 Å². The van der Waals surface area contributed by atoms with Gasteiger partial charge < -0.3 is 14.9 Å². The van der Waals surface area contributed by atoms with Gasteiger partial charge in [0.1, 0.15) is 0 Å². The minimum atomic E-state index is -1.53. The van der Waals surface area contributed by atoms with Gasteiger partial charge in [0.15, 0.2) is 0 Å². The van der Waals surface area contributed by atoms with E-state index in [2.05, 4.69) is 0 Å². The number of nitrogens with zero attached hydrogens (tertiary/aromatic N) is 2. The number of amides is 1. The lowest BCUT2D eigenvalue weighted by molar-refractivity contribution is -0.144. The zero-order valence-electron chi connectivity index (χ0n) is 13.4. The molecule has 4 heteroatoms. The fourth-order valence-corrected chi connectivity index (χ4v) is 4.16. The summed E-state index contributed by atoms with van der Waals surface area (Å²) in [6.45, 7) is 3.01. The third-order valence-electron chi connectivity index (χ3n) is 5.33. The van der Waals surface area contributed by atoms with Gasteiger partial charge >= 0.3 is 0 Å². The van der Waals surface area contributed by atoms with E-state index in [4.69, 9.17) is 0 Å². The number of benzene rings is 2. The van der Waals surface area contributed by atoms with Gasteiger partial charge in [0.25, 0.3) is 5.91 Å². The highest BCUT2D eigenvalue weighted by Crippen LogP contribution is 2.55. The Kier molecular flexibility index (Phi) is 2.85. The highest BCUT2D eigenvalue weighted by atomic mass is 16.3. The van der Waals surface area contributed by atoms with Crippen molar-refractivity contribution in [3.8, 4) is 0 Å². The van der Waals surface area contributed by atoms with Crippen LogP contribution in [0.1, 0.15) is 18.1 Å². The van der Waals surface area contributed by atoms with E-state index in [1.54, 1.807) is 11.9 Å². The number of likely N-dealkylation sites (N-methyl/N-ethyl adjacent to an activating group) is 1. The summed E-state index contributed by atoms with van der Waals surface area (Å²) in [6, 6.07) is 17.9. The predicted octanol–water partition coefficient (Wildman–Crippen LogP) is 2.13. The first-order valence-corrected chi connectivity index (χ1v) is 7.87. The van der Waals surface area contributed by atoms with E-state index < -0.39 is 11.1 Å². The summed E-state index contributed by atoms with van der Waals surface area (Å²) in [4.78, 5) is 16.3. The molecule has 2 aromatic carbocycles. The molecule has 118 valence electrons. The first kappa shape index (κ1) is 14.3. The highest BCUT2D eigenvalue weighted by molar-refractivity contribution is 5.96. The zero-order valence-corrected chi connectivity index (χ0v) is 13.4. The van der Waals surface area contributed by atoms with Crippen LogP contribution in [0.3, 0.4) is 0 Å². The number of fused-ring (bicyclic) bond motifs is 3. The van der Waals surface area contributed by atoms with Gasteiger partial charge in [0.05, 0.1) is 5.41 Å². The lowest BCUT2D eigenvalue weighted by Crippen LogP contribution is -2.59. The summed E-state index contributed by atoms with van der Waals surface area (Å²) in [7, 11) is 1.76. The van der Waals surface area contributed by atoms with Crippen molar-refractivity contribution in [3.05, 3.63) is 65.7 Å². The molecule has 0 saturated carbocycles. The zero-order chi connectivity index (χ0) is 16.2. The fourth-order valence-electron chi connectivity index (χ4n) is 4.16. The Morgan fingerprint density at radius 1 is 1.09 bits per heavy atom. The second-order valence-corrected chi connectivity index (χ2v) is 6.75. The van der Waals surface area contributed by atoms with Crippen molar-refractivity contribution in [3.63, 3.8) is 0 Å². The number of carbonyl (C=O) groups excluding carboxylic acids is 1. The van der Waals surface area contributed by atoms with Crippen molar-refractivity contribution in [1.82, 2.24) is 4.90 Å². The smallest absolute Gasteiger partial charge is 0.276 e. The van der Waals surface area contributed by atoms with Gasteiger partial charge in [-0.25, -0.2) is 0 Å². The molecule has 0 radical (unpaired) electrons. The van der Waals surface area contributed by atoms with Gasteiger partial charge in [-0.15, -0.1) is 0 Å². The lowest BCUT2D eigenvalue weighted by atomic mass is 9.78. The van der Waals surface area contributed by atoms with Crippen LogP contribution < -0.4 is 4.90 Å². The van der Waals surface area contributed by atoms with E-state index in [-0.39, 0.29) is 5.91 Å². The van der Waals surface area contributed by atoms with Crippen LogP contribution >= 0.6 is 0 Å². The van der Waals surface area contributed by atoms with E-state index >= 15 is 0 Å². The van der Waals surface area contributed by atoms with Crippen LogP contribution in [0, 0.1) is 0 Å². The molecule has 1 amide bonds. The van der Waals surface area contributed by atoms with Gasteiger partial charge in [-0.05, 0) is 24.1 Å². The molecule has 0 aromatic heterocycles. The van der Waals surface area contributed by atoms with Crippen molar-refractivity contribution < 1.29 is 9.90 Å². The second-order valence-electron chi connectivity index (χ2n) is 6.75. The third-order valence-corrected chi connectivity index (χ3v) is 5.33. The third kappa shape index (κ3) is 1.67. The van der Waals surface area contributed by atoms with E-state index in [0.29, 0.717) is 13.1 Å². The summed E-state index contributed by atoms with van der Waals surface area (Å²) in [5.74, 6) is -0.230. The maximum absolute atomic E-state index is 12.8. The number of anilines is 1. The van der Waals surface area contributed by atoms with Crippen LogP contribution in [0.5, 0.6) is 0 Å². The average Bonchev–Trinajstić information content (AvgIpc) is 2.86.